The smallest absolute Gasteiger partial charge is 0.204 e. The molecule has 0 bridgehead atoms. The number of hydrogen-bond acceptors (Lipinski definition) is 9. The van der Waals surface area contributed by atoms with Crippen molar-refractivity contribution in [3.8, 4) is 0 Å². The highest BCUT2D eigenvalue weighted by Crippen LogP contribution is 2.18. The number of carbonyl (C=O) groups excluding carboxylic acids is 2. The largest absolute Gasteiger partial charge is 0.633 e. The minimum absolute atomic E-state index is 0.0264. The third kappa shape index (κ3) is 6.94. The molecule has 0 atom stereocenters. The number of aliphatic hydroxyl groups is 3. The molecular formula is C20H28N4O6. The van der Waals surface area contributed by atoms with Crippen molar-refractivity contribution in [3.63, 3.8) is 0 Å². The molecule has 0 spiro atoms. The Morgan fingerprint density at radius 2 is 1.30 bits per heavy atom. The zero-order valence-electron chi connectivity index (χ0n) is 16.6. The van der Waals surface area contributed by atoms with E-state index in [0.29, 0.717) is 12.2 Å². The van der Waals surface area contributed by atoms with Crippen LogP contribution in [0.3, 0.4) is 0 Å². The van der Waals surface area contributed by atoms with Crippen molar-refractivity contribution in [2.24, 2.45) is 0 Å². The molecule has 1 aliphatic rings. The average molecular weight is 420 g/mol. The second kappa shape index (κ2) is 11.4. The molecule has 10 heteroatoms. The molecule has 164 valence electrons. The van der Waals surface area contributed by atoms with Gasteiger partial charge in [0.05, 0.1) is 44.3 Å². The van der Waals surface area contributed by atoms with Gasteiger partial charge in [-0.05, 0) is 24.3 Å². The van der Waals surface area contributed by atoms with E-state index in [4.69, 9.17) is 15.3 Å². The summed E-state index contributed by atoms with van der Waals surface area (Å²) in [5, 5.41) is 47.9. The summed E-state index contributed by atoms with van der Waals surface area (Å²) in [6.45, 7) is 0.169. The van der Waals surface area contributed by atoms with Crippen molar-refractivity contribution >= 4 is 22.9 Å². The summed E-state index contributed by atoms with van der Waals surface area (Å²) in [5.74, 6) is -0.705. The van der Waals surface area contributed by atoms with E-state index in [2.05, 4.69) is 16.0 Å². The van der Waals surface area contributed by atoms with E-state index in [0.717, 1.165) is 5.69 Å². The van der Waals surface area contributed by atoms with E-state index in [1.807, 2.05) is 0 Å². The fourth-order valence-corrected chi connectivity index (χ4v) is 2.92. The van der Waals surface area contributed by atoms with Gasteiger partial charge in [-0.1, -0.05) is 0 Å². The predicted molar refractivity (Wildman–Crippen MR) is 112 cm³/mol. The highest BCUT2D eigenvalue weighted by molar-refractivity contribution is 6.20. The van der Waals surface area contributed by atoms with Gasteiger partial charge < -0.3 is 41.1 Å². The van der Waals surface area contributed by atoms with Crippen molar-refractivity contribution in [2.45, 2.75) is 0 Å². The van der Waals surface area contributed by atoms with E-state index in [1.54, 1.807) is 24.3 Å². The molecule has 10 nitrogen and oxygen atoms in total. The van der Waals surface area contributed by atoms with Crippen LogP contribution in [-0.2, 0) is 9.59 Å². The lowest BCUT2D eigenvalue weighted by atomic mass is 10.1. The molecule has 1 aromatic rings. The van der Waals surface area contributed by atoms with Gasteiger partial charge in [0, 0.05) is 30.1 Å². The van der Waals surface area contributed by atoms with Gasteiger partial charge in [-0.3, -0.25) is 9.59 Å². The number of nitrogens with zero attached hydrogens (tertiary/aromatic N) is 1. The van der Waals surface area contributed by atoms with Crippen LogP contribution in [-0.4, -0.2) is 84.1 Å². The summed E-state index contributed by atoms with van der Waals surface area (Å²) < 4.78 is -0.674. The number of aliphatic hydroxyl groups excluding tert-OH is 3. The Kier molecular flexibility index (Phi) is 8.96. The Hall–Kier alpha value is -2.76. The molecule has 0 aromatic heterocycles. The molecule has 0 saturated heterocycles. The lowest BCUT2D eigenvalue weighted by molar-refractivity contribution is -0.879. The monoisotopic (exact) mass is 420 g/mol. The van der Waals surface area contributed by atoms with E-state index < -0.39 is 4.65 Å². The third-order valence-corrected chi connectivity index (χ3v) is 4.54. The van der Waals surface area contributed by atoms with Crippen molar-refractivity contribution in [1.82, 2.24) is 5.32 Å². The van der Waals surface area contributed by atoms with E-state index in [9.17, 15) is 14.8 Å². The third-order valence-electron chi connectivity index (χ3n) is 4.54. The van der Waals surface area contributed by atoms with Crippen LogP contribution in [0.4, 0.5) is 11.4 Å². The standard InChI is InChI=1S/C20H28N4O6/c25-10-6-22-17-13-20(29)18(14-19(17)28)23-16-3-1-15(2-4-16)21-5-7-24(30,8-11-26)9-12-27/h1-4,13-14,21-23,25-27H,5-12H2. The van der Waals surface area contributed by atoms with Gasteiger partial charge in [0.15, 0.2) is 0 Å². The highest BCUT2D eigenvalue weighted by Gasteiger charge is 2.20. The molecule has 30 heavy (non-hydrogen) atoms. The number of carbonyl (C=O) groups is 2. The number of hydroxylamine groups is 3. The second-order valence-corrected chi connectivity index (χ2v) is 6.80. The van der Waals surface area contributed by atoms with Crippen LogP contribution < -0.4 is 16.0 Å². The molecule has 0 aliphatic heterocycles. The summed E-state index contributed by atoms with van der Waals surface area (Å²) in [6.07, 6.45) is 2.41. The van der Waals surface area contributed by atoms with Crippen LogP contribution in [0, 0.1) is 5.21 Å². The zero-order valence-corrected chi connectivity index (χ0v) is 16.6. The normalized spacial score (nSPS) is 14.3. The van der Waals surface area contributed by atoms with Gasteiger partial charge in [0.2, 0.25) is 11.6 Å². The summed E-state index contributed by atoms with van der Waals surface area (Å²) in [6, 6.07) is 6.98. The fourth-order valence-electron chi connectivity index (χ4n) is 2.92. The lowest BCUT2D eigenvalue weighted by Gasteiger charge is -2.42. The van der Waals surface area contributed by atoms with Crippen LogP contribution in [0.25, 0.3) is 0 Å². The van der Waals surface area contributed by atoms with Gasteiger partial charge in [-0.15, -0.1) is 0 Å². The number of quaternary nitrogens is 1. The molecule has 1 aliphatic carbocycles. The summed E-state index contributed by atoms with van der Waals surface area (Å²) in [5.41, 5.74) is 1.67. The maximum atomic E-state index is 12.4. The Morgan fingerprint density at radius 3 is 1.90 bits per heavy atom. The molecule has 2 rings (SSSR count). The maximum Gasteiger partial charge on any atom is 0.204 e. The van der Waals surface area contributed by atoms with Crippen LogP contribution in [0.15, 0.2) is 47.8 Å². The predicted octanol–water partition coefficient (Wildman–Crippen LogP) is -0.689. The number of nitrogens with one attached hydrogen (secondary N) is 3. The van der Waals surface area contributed by atoms with Crippen LogP contribution in [0.2, 0.25) is 0 Å². The molecule has 0 saturated carbocycles. The molecule has 6 N–H and O–H groups in total. The van der Waals surface area contributed by atoms with E-state index in [1.165, 1.54) is 12.2 Å². The summed E-state index contributed by atoms with van der Waals surface area (Å²) in [4.78, 5) is 24.2. The van der Waals surface area contributed by atoms with E-state index in [-0.39, 0.29) is 69.0 Å². The minimum atomic E-state index is -0.674. The Labute approximate surface area is 174 Å². The highest BCUT2D eigenvalue weighted by atomic mass is 16.5. The first kappa shape index (κ1) is 23.5. The molecular weight excluding hydrogens is 392 g/mol. The first-order chi connectivity index (χ1) is 14.4. The van der Waals surface area contributed by atoms with Gasteiger partial charge in [0.1, 0.15) is 13.1 Å². The zero-order chi connectivity index (χ0) is 22.0. The van der Waals surface area contributed by atoms with E-state index >= 15 is 0 Å². The van der Waals surface area contributed by atoms with Crippen LogP contribution in [0.5, 0.6) is 0 Å². The number of allylic oxidation sites excluding steroid dienone is 2. The Bertz CT molecular complexity index is 785. The van der Waals surface area contributed by atoms with Crippen molar-refractivity contribution < 1.29 is 29.6 Å². The van der Waals surface area contributed by atoms with Crippen molar-refractivity contribution in [2.75, 3.05) is 63.2 Å². The first-order valence-electron chi connectivity index (χ1n) is 9.67. The Morgan fingerprint density at radius 1 is 0.733 bits per heavy atom. The SMILES string of the molecule is O=C1C=C(Nc2ccc(NCC[N+]([O-])(CCO)CCO)cc2)C(=O)C=C1NCCO. The molecule has 0 amide bonds. The average Bonchev–Trinajstić information content (AvgIpc) is 2.71. The van der Waals surface area contributed by atoms with Gasteiger partial charge >= 0.3 is 0 Å². The van der Waals surface area contributed by atoms with Gasteiger partial charge in [0.25, 0.3) is 0 Å². The van der Waals surface area contributed by atoms with Gasteiger partial charge in [-0.25, -0.2) is 0 Å². The molecule has 0 fully saturated rings. The second-order valence-electron chi connectivity index (χ2n) is 6.80. The fraction of sp³-hybridized carbons (Fsp3) is 0.400. The number of hydrogen-bond donors (Lipinski definition) is 6. The minimum Gasteiger partial charge on any atom is -0.633 e. The van der Waals surface area contributed by atoms with Gasteiger partial charge in [-0.2, -0.15) is 0 Å². The van der Waals surface area contributed by atoms with Crippen molar-refractivity contribution in [3.05, 3.63) is 53.0 Å². The number of anilines is 2. The first-order valence-corrected chi connectivity index (χ1v) is 9.67. The van der Waals surface area contributed by atoms with Crippen molar-refractivity contribution in [1.29, 1.82) is 0 Å². The molecule has 0 radical (unpaired) electrons. The number of benzene rings is 1. The number of ketones is 2. The topological polar surface area (TPSA) is 154 Å². The maximum absolute atomic E-state index is 12.4. The molecule has 1 aromatic carbocycles. The van der Waals surface area contributed by atoms with Crippen LogP contribution >= 0.6 is 0 Å². The Balaban J connectivity index is 1.89. The quantitative estimate of drug-likeness (QED) is 0.138. The number of rotatable bonds is 13. The summed E-state index contributed by atoms with van der Waals surface area (Å²) in [7, 11) is 0. The lowest BCUT2D eigenvalue weighted by Crippen LogP contribution is -2.49. The molecule has 0 heterocycles. The van der Waals surface area contributed by atoms with Crippen LogP contribution in [0.1, 0.15) is 0 Å². The summed E-state index contributed by atoms with van der Waals surface area (Å²) >= 11 is 0. The molecule has 0 unspecified atom stereocenters.